The molecule has 12 heavy (non-hydrogen) atoms. The Morgan fingerprint density at radius 2 is 2.08 bits per heavy atom. The summed E-state index contributed by atoms with van der Waals surface area (Å²) in [6.07, 6.45) is 1.37. The predicted octanol–water partition coefficient (Wildman–Crippen LogP) is 1.82. The second kappa shape index (κ2) is 2.89. The number of para-hydroxylation sites is 2. The van der Waals surface area contributed by atoms with Crippen molar-refractivity contribution in [1.29, 1.82) is 0 Å². The highest BCUT2D eigenvalue weighted by molar-refractivity contribution is 5.40. The van der Waals surface area contributed by atoms with E-state index in [2.05, 4.69) is 0 Å². The fourth-order valence-corrected chi connectivity index (χ4v) is 1.13. The molecule has 1 aliphatic rings. The van der Waals surface area contributed by atoms with E-state index in [0.717, 1.165) is 11.5 Å². The van der Waals surface area contributed by atoms with Crippen LogP contribution >= 0.6 is 0 Å². The zero-order valence-corrected chi connectivity index (χ0v) is 6.57. The van der Waals surface area contributed by atoms with E-state index in [9.17, 15) is 0 Å². The van der Waals surface area contributed by atoms with Crippen LogP contribution < -0.4 is 9.47 Å². The Balaban J connectivity index is 2.28. The van der Waals surface area contributed by atoms with Gasteiger partial charge in [-0.1, -0.05) is 18.7 Å². The van der Waals surface area contributed by atoms with Crippen molar-refractivity contribution < 1.29 is 9.47 Å². The molecule has 1 aromatic carbocycles. The largest absolute Gasteiger partial charge is 0.485 e. The molecule has 1 atom stereocenters. The van der Waals surface area contributed by atoms with Gasteiger partial charge in [0.2, 0.25) is 0 Å². The molecule has 0 N–H and O–H groups in total. The van der Waals surface area contributed by atoms with Crippen LogP contribution in [0.15, 0.2) is 30.3 Å². The predicted molar refractivity (Wildman–Crippen MR) is 45.2 cm³/mol. The molecule has 0 bridgehead atoms. The van der Waals surface area contributed by atoms with Gasteiger partial charge in [0.1, 0.15) is 6.61 Å². The van der Waals surface area contributed by atoms with E-state index in [1.54, 1.807) is 0 Å². The van der Waals surface area contributed by atoms with Gasteiger partial charge in [-0.05, 0) is 18.2 Å². The van der Waals surface area contributed by atoms with Gasteiger partial charge in [0.05, 0.1) is 0 Å². The summed E-state index contributed by atoms with van der Waals surface area (Å²) < 4.78 is 10.9. The highest BCUT2D eigenvalue weighted by Gasteiger charge is 2.16. The fourth-order valence-electron chi connectivity index (χ4n) is 1.13. The van der Waals surface area contributed by atoms with Crippen LogP contribution in [0.5, 0.6) is 11.5 Å². The highest BCUT2D eigenvalue weighted by atomic mass is 16.6. The van der Waals surface area contributed by atoms with Crippen molar-refractivity contribution in [2.75, 3.05) is 6.61 Å². The van der Waals surface area contributed by atoms with Gasteiger partial charge in [0.15, 0.2) is 17.6 Å². The van der Waals surface area contributed by atoms with Crippen molar-refractivity contribution in [3.63, 3.8) is 0 Å². The van der Waals surface area contributed by atoms with Crippen LogP contribution in [0.1, 0.15) is 0 Å². The van der Waals surface area contributed by atoms with Crippen LogP contribution in [-0.2, 0) is 0 Å². The number of hydrogen-bond acceptors (Lipinski definition) is 2. The number of ether oxygens (including phenoxy) is 2. The zero-order valence-electron chi connectivity index (χ0n) is 6.57. The summed E-state index contributed by atoms with van der Waals surface area (Å²) >= 11 is 0. The third kappa shape index (κ3) is 1.16. The van der Waals surface area contributed by atoms with E-state index in [4.69, 9.17) is 16.1 Å². The highest BCUT2D eigenvalue weighted by Crippen LogP contribution is 2.30. The SMILES string of the molecule is [CH]=CC1COc2ccccc2O1. The topological polar surface area (TPSA) is 18.5 Å². The third-order valence-corrected chi connectivity index (χ3v) is 1.75. The average molecular weight is 161 g/mol. The van der Waals surface area contributed by atoms with Crippen LogP contribution in [0, 0.1) is 6.58 Å². The van der Waals surface area contributed by atoms with Crippen LogP contribution in [0.2, 0.25) is 0 Å². The van der Waals surface area contributed by atoms with Gasteiger partial charge >= 0.3 is 0 Å². The lowest BCUT2D eigenvalue weighted by Crippen LogP contribution is -2.26. The molecule has 0 fully saturated rings. The van der Waals surface area contributed by atoms with E-state index in [0.29, 0.717) is 6.61 Å². The molecule has 0 aromatic heterocycles. The molecule has 0 saturated carbocycles. The number of rotatable bonds is 1. The van der Waals surface area contributed by atoms with Crippen LogP contribution in [0.4, 0.5) is 0 Å². The lowest BCUT2D eigenvalue weighted by atomic mass is 10.2. The molecule has 1 radical (unpaired) electrons. The summed E-state index contributed by atoms with van der Waals surface area (Å²) in [6, 6.07) is 7.56. The number of hydrogen-bond donors (Lipinski definition) is 0. The molecule has 2 heteroatoms. The molecule has 1 aliphatic heterocycles. The molecule has 1 unspecified atom stereocenters. The zero-order chi connectivity index (χ0) is 8.39. The standard InChI is InChI=1S/C10H9O2/c1-2-8-7-11-9-5-3-4-6-10(9)12-8/h1-6,8H,7H2. The first-order chi connectivity index (χ1) is 5.90. The minimum atomic E-state index is -0.125. The second-order valence-corrected chi connectivity index (χ2v) is 2.61. The van der Waals surface area contributed by atoms with Crippen molar-refractivity contribution in [3.05, 3.63) is 36.9 Å². The first kappa shape index (κ1) is 7.22. The molecular weight excluding hydrogens is 152 g/mol. The number of benzene rings is 1. The minimum absolute atomic E-state index is 0.125. The third-order valence-electron chi connectivity index (χ3n) is 1.75. The second-order valence-electron chi connectivity index (χ2n) is 2.61. The van der Waals surface area contributed by atoms with E-state index in [-0.39, 0.29) is 6.10 Å². The summed E-state index contributed by atoms with van der Waals surface area (Å²) in [5, 5.41) is 0. The summed E-state index contributed by atoms with van der Waals surface area (Å²) in [6.45, 7) is 5.82. The van der Waals surface area contributed by atoms with E-state index in [1.165, 1.54) is 6.08 Å². The Kier molecular flexibility index (Phi) is 1.74. The molecule has 0 saturated heterocycles. The molecule has 61 valence electrons. The van der Waals surface area contributed by atoms with Gasteiger partial charge in [0.25, 0.3) is 0 Å². The Bertz CT molecular complexity index is 294. The molecule has 2 nitrogen and oxygen atoms in total. The molecule has 0 aliphatic carbocycles. The summed E-state index contributed by atoms with van der Waals surface area (Å²) in [5.74, 6) is 1.55. The van der Waals surface area contributed by atoms with E-state index < -0.39 is 0 Å². The van der Waals surface area contributed by atoms with Crippen molar-refractivity contribution in [2.24, 2.45) is 0 Å². The Labute approximate surface area is 71.4 Å². The maximum atomic E-state index is 5.48. The van der Waals surface area contributed by atoms with Crippen LogP contribution in [0.25, 0.3) is 0 Å². The Hall–Kier alpha value is -1.44. The lowest BCUT2D eigenvalue weighted by Gasteiger charge is -2.23. The molecule has 2 rings (SSSR count). The first-order valence-corrected chi connectivity index (χ1v) is 3.83. The first-order valence-electron chi connectivity index (χ1n) is 3.83. The maximum Gasteiger partial charge on any atom is 0.162 e. The van der Waals surface area contributed by atoms with Gasteiger partial charge in [-0.25, -0.2) is 0 Å². The van der Waals surface area contributed by atoms with Crippen molar-refractivity contribution >= 4 is 0 Å². The normalized spacial score (nSPS) is 20.2. The van der Waals surface area contributed by atoms with Gasteiger partial charge in [0, 0.05) is 0 Å². The van der Waals surface area contributed by atoms with Crippen molar-refractivity contribution in [2.45, 2.75) is 6.10 Å². The molecule has 1 aromatic rings. The molecule has 0 spiro atoms. The summed E-state index contributed by atoms with van der Waals surface area (Å²) in [7, 11) is 0. The average Bonchev–Trinajstić information content (AvgIpc) is 2.17. The molecule has 0 amide bonds. The maximum absolute atomic E-state index is 5.48. The van der Waals surface area contributed by atoms with Gasteiger partial charge in [-0.15, -0.1) is 0 Å². The van der Waals surface area contributed by atoms with Crippen LogP contribution in [-0.4, -0.2) is 12.7 Å². The number of fused-ring (bicyclic) bond motifs is 1. The Morgan fingerprint density at radius 3 is 2.83 bits per heavy atom. The lowest BCUT2D eigenvalue weighted by molar-refractivity contribution is 0.123. The van der Waals surface area contributed by atoms with Crippen LogP contribution in [0.3, 0.4) is 0 Å². The smallest absolute Gasteiger partial charge is 0.162 e. The molecule has 1 heterocycles. The molecular formula is C10H9O2. The quantitative estimate of drug-likeness (QED) is 0.625. The van der Waals surface area contributed by atoms with Crippen molar-refractivity contribution in [3.8, 4) is 11.5 Å². The van der Waals surface area contributed by atoms with Gasteiger partial charge in [-0.3, -0.25) is 0 Å². The summed E-state index contributed by atoms with van der Waals surface area (Å²) in [5.41, 5.74) is 0. The van der Waals surface area contributed by atoms with Gasteiger partial charge < -0.3 is 9.47 Å². The van der Waals surface area contributed by atoms with E-state index in [1.807, 2.05) is 24.3 Å². The van der Waals surface area contributed by atoms with Gasteiger partial charge in [-0.2, -0.15) is 0 Å². The minimum Gasteiger partial charge on any atom is -0.485 e. The monoisotopic (exact) mass is 161 g/mol. The fraction of sp³-hybridized carbons (Fsp3) is 0.200. The summed E-state index contributed by atoms with van der Waals surface area (Å²) in [4.78, 5) is 0. The van der Waals surface area contributed by atoms with Crippen molar-refractivity contribution in [1.82, 2.24) is 0 Å². The Morgan fingerprint density at radius 1 is 1.33 bits per heavy atom. The van der Waals surface area contributed by atoms with E-state index >= 15 is 0 Å².